The Hall–Kier alpha value is -2.40. The van der Waals surface area contributed by atoms with E-state index < -0.39 is 0 Å². The fraction of sp³-hybridized carbons (Fsp3) is 0.0667. The first kappa shape index (κ1) is 11.1. The molecule has 0 aliphatic heterocycles. The molecule has 2 aromatic carbocycles. The average molecular weight is 221 g/mol. The quantitative estimate of drug-likeness (QED) is 0.729. The van der Waals surface area contributed by atoms with E-state index in [0.717, 1.165) is 11.1 Å². The Kier molecular flexibility index (Phi) is 3.02. The predicted octanol–water partition coefficient (Wildman–Crippen LogP) is 3.43. The molecule has 2 aromatic rings. The summed E-state index contributed by atoms with van der Waals surface area (Å²) in [6.45, 7) is 1.54. The molecule has 0 bridgehead atoms. The lowest BCUT2D eigenvalue weighted by atomic mass is 9.94. The van der Waals surface area contributed by atoms with Gasteiger partial charge in [0.1, 0.15) is 0 Å². The van der Waals surface area contributed by atoms with Gasteiger partial charge in [-0.1, -0.05) is 42.5 Å². The highest BCUT2D eigenvalue weighted by molar-refractivity contribution is 6.01. The van der Waals surface area contributed by atoms with E-state index in [4.69, 9.17) is 5.26 Å². The van der Waals surface area contributed by atoms with Crippen LogP contribution in [0.1, 0.15) is 22.8 Å². The van der Waals surface area contributed by atoms with Gasteiger partial charge >= 0.3 is 0 Å². The molecule has 2 rings (SSSR count). The number of nitrogens with zero attached hydrogens (tertiary/aromatic N) is 1. The minimum atomic E-state index is 0.00772. The first-order valence-electron chi connectivity index (χ1n) is 5.33. The molecule has 0 heterocycles. The number of carbonyl (C=O) groups is 1. The van der Waals surface area contributed by atoms with Crippen molar-refractivity contribution < 1.29 is 4.79 Å². The highest BCUT2D eigenvalue weighted by Crippen LogP contribution is 2.26. The van der Waals surface area contributed by atoms with Gasteiger partial charge in [-0.3, -0.25) is 4.79 Å². The standard InChI is InChI=1S/C15H11NO/c1-11(17)13-7-4-5-9-15(13)14-8-3-2-6-12(14)10-16/h2-9H,1H3. The zero-order valence-corrected chi connectivity index (χ0v) is 9.47. The second-order valence-corrected chi connectivity index (χ2v) is 3.76. The molecule has 2 heteroatoms. The summed E-state index contributed by atoms with van der Waals surface area (Å²) in [6.07, 6.45) is 0. The Labute approximate surface area is 100 Å². The van der Waals surface area contributed by atoms with Gasteiger partial charge in [-0.15, -0.1) is 0 Å². The van der Waals surface area contributed by atoms with Crippen LogP contribution in [0.5, 0.6) is 0 Å². The predicted molar refractivity (Wildman–Crippen MR) is 66.6 cm³/mol. The third kappa shape index (κ3) is 2.09. The minimum Gasteiger partial charge on any atom is -0.294 e. The van der Waals surface area contributed by atoms with Crippen LogP contribution in [0.4, 0.5) is 0 Å². The molecule has 0 radical (unpaired) electrons. The van der Waals surface area contributed by atoms with Gasteiger partial charge in [-0.25, -0.2) is 0 Å². The van der Waals surface area contributed by atoms with E-state index in [0.29, 0.717) is 11.1 Å². The maximum atomic E-state index is 11.6. The van der Waals surface area contributed by atoms with Crippen LogP contribution in [0.25, 0.3) is 11.1 Å². The fourth-order valence-electron chi connectivity index (χ4n) is 1.84. The Morgan fingerprint density at radius 1 is 1.00 bits per heavy atom. The number of hydrogen-bond acceptors (Lipinski definition) is 2. The maximum Gasteiger partial charge on any atom is 0.160 e. The Bertz CT molecular complexity index is 608. The fourth-order valence-corrected chi connectivity index (χ4v) is 1.84. The topological polar surface area (TPSA) is 40.9 Å². The van der Waals surface area contributed by atoms with Crippen LogP contribution < -0.4 is 0 Å². The molecule has 0 aromatic heterocycles. The van der Waals surface area contributed by atoms with Gasteiger partial charge < -0.3 is 0 Å². The van der Waals surface area contributed by atoms with Crippen LogP contribution in [0.3, 0.4) is 0 Å². The van der Waals surface area contributed by atoms with Crippen molar-refractivity contribution in [1.82, 2.24) is 0 Å². The van der Waals surface area contributed by atoms with Gasteiger partial charge in [0, 0.05) is 11.1 Å². The maximum absolute atomic E-state index is 11.6. The Morgan fingerprint density at radius 2 is 1.59 bits per heavy atom. The molecule has 82 valence electrons. The normalized spacial score (nSPS) is 9.65. The van der Waals surface area contributed by atoms with E-state index in [1.165, 1.54) is 6.92 Å². The first-order chi connectivity index (χ1) is 8.24. The molecular weight excluding hydrogens is 210 g/mol. The molecular formula is C15H11NO. The van der Waals surface area contributed by atoms with E-state index in [-0.39, 0.29) is 5.78 Å². The SMILES string of the molecule is CC(=O)c1ccccc1-c1ccccc1C#N. The number of rotatable bonds is 2. The largest absolute Gasteiger partial charge is 0.294 e. The summed E-state index contributed by atoms with van der Waals surface area (Å²) in [5.41, 5.74) is 2.86. The van der Waals surface area contributed by atoms with E-state index in [1.54, 1.807) is 12.1 Å². The molecule has 0 fully saturated rings. The van der Waals surface area contributed by atoms with E-state index >= 15 is 0 Å². The highest BCUT2D eigenvalue weighted by atomic mass is 16.1. The zero-order valence-electron chi connectivity index (χ0n) is 9.47. The summed E-state index contributed by atoms with van der Waals surface area (Å²) in [5.74, 6) is 0.00772. The lowest BCUT2D eigenvalue weighted by Crippen LogP contribution is -1.96. The molecule has 0 spiro atoms. The molecule has 0 saturated heterocycles. The summed E-state index contributed by atoms with van der Waals surface area (Å²) < 4.78 is 0. The summed E-state index contributed by atoms with van der Waals surface area (Å²) in [6, 6.07) is 16.8. The van der Waals surface area contributed by atoms with Crippen molar-refractivity contribution in [2.75, 3.05) is 0 Å². The van der Waals surface area contributed by atoms with Gasteiger partial charge in [0.2, 0.25) is 0 Å². The lowest BCUT2D eigenvalue weighted by molar-refractivity contribution is 0.101. The summed E-state index contributed by atoms with van der Waals surface area (Å²) in [7, 11) is 0. The van der Waals surface area contributed by atoms with Crippen molar-refractivity contribution in [1.29, 1.82) is 5.26 Å². The summed E-state index contributed by atoms with van der Waals surface area (Å²) >= 11 is 0. The monoisotopic (exact) mass is 221 g/mol. The van der Waals surface area contributed by atoms with Crippen LogP contribution in [-0.4, -0.2) is 5.78 Å². The molecule has 2 nitrogen and oxygen atoms in total. The van der Waals surface area contributed by atoms with Crippen molar-refractivity contribution in [2.45, 2.75) is 6.92 Å². The second kappa shape index (κ2) is 4.63. The van der Waals surface area contributed by atoms with Crippen molar-refractivity contribution in [3.05, 3.63) is 59.7 Å². The van der Waals surface area contributed by atoms with Crippen molar-refractivity contribution in [3.63, 3.8) is 0 Å². The van der Waals surface area contributed by atoms with Gasteiger partial charge in [0.15, 0.2) is 5.78 Å². The van der Waals surface area contributed by atoms with Gasteiger partial charge in [-0.2, -0.15) is 5.26 Å². The smallest absolute Gasteiger partial charge is 0.160 e. The first-order valence-corrected chi connectivity index (χ1v) is 5.33. The zero-order chi connectivity index (χ0) is 12.3. The molecule has 17 heavy (non-hydrogen) atoms. The number of ketones is 1. The van der Waals surface area contributed by atoms with Gasteiger partial charge in [-0.05, 0) is 18.6 Å². The molecule has 0 N–H and O–H groups in total. The van der Waals surface area contributed by atoms with Crippen molar-refractivity contribution in [3.8, 4) is 17.2 Å². The Balaban J connectivity index is 2.69. The third-order valence-corrected chi connectivity index (χ3v) is 2.64. The van der Waals surface area contributed by atoms with Crippen molar-refractivity contribution in [2.24, 2.45) is 0 Å². The van der Waals surface area contributed by atoms with Crippen LogP contribution in [0.2, 0.25) is 0 Å². The van der Waals surface area contributed by atoms with Crippen LogP contribution >= 0.6 is 0 Å². The molecule has 0 atom stereocenters. The second-order valence-electron chi connectivity index (χ2n) is 3.76. The number of nitriles is 1. The van der Waals surface area contributed by atoms with Gasteiger partial charge in [0.05, 0.1) is 11.6 Å². The van der Waals surface area contributed by atoms with E-state index in [2.05, 4.69) is 6.07 Å². The lowest BCUT2D eigenvalue weighted by Gasteiger charge is -2.08. The van der Waals surface area contributed by atoms with E-state index in [1.807, 2.05) is 36.4 Å². The van der Waals surface area contributed by atoms with Crippen LogP contribution in [0.15, 0.2) is 48.5 Å². The number of benzene rings is 2. The summed E-state index contributed by atoms with van der Waals surface area (Å²) in [5, 5.41) is 9.07. The summed E-state index contributed by atoms with van der Waals surface area (Å²) in [4.78, 5) is 11.6. The molecule has 0 saturated carbocycles. The third-order valence-electron chi connectivity index (χ3n) is 2.64. The minimum absolute atomic E-state index is 0.00772. The molecule has 0 aliphatic rings. The Morgan fingerprint density at radius 3 is 2.24 bits per heavy atom. The molecule has 0 unspecified atom stereocenters. The van der Waals surface area contributed by atoms with Crippen LogP contribution in [0, 0.1) is 11.3 Å². The van der Waals surface area contributed by atoms with Crippen LogP contribution in [-0.2, 0) is 0 Å². The van der Waals surface area contributed by atoms with Gasteiger partial charge in [0.25, 0.3) is 0 Å². The van der Waals surface area contributed by atoms with E-state index in [9.17, 15) is 4.79 Å². The molecule has 0 amide bonds. The van der Waals surface area contributed by atoms with Crippen molar-refractivity contribution >= 4 is 5.78 Å². The average Bonchev–Trinajstić information content (AvgIpc) is 2.38. The number of hydrogen-bond donors (Lipinski definition) is 0. The number of carbonyl (C=O) groups excluding carboxylic acids is 1. The highest BCUT2D eigenvalue weighted by Gasteiger charge is 2.10. The molecule has 0 aliphatic carbocycles. The number of Topliss-reactive ketones (excluding diaryl/α,β-unsaturated/α-hetero) is 1.